The van der Waals surface area contributed by atoms with Gasteiger partial charge >= 0.3 is 11.8 Å². The smallest absolute Gasteiger partial charge is 0.342 e. The number of aliphatic hydroxyl groups is 3. The number of hydrogen-bond donors (Lipinski definition) is 4. The Kier molecular flexibility index (Phi) is 5.65. The van der Waals surface area contributed by atoms with Crippen molar-refractivity contribution in [3.8, 4) is 11.5 Å². The summed E-state index contributed by atoms with van der Waals surface area (Å²) in [6.07, 6.45) is -2.33. The Hall–Kier alpha value is -2.86. The van der Waals surface area contributed by atoms with Crippen molar-refractivity contribution in [2.45, 2.75) is 70.2 Å². The molecule has 0 amide bonds. The number of Topliss-reactive ketones (excluding diaryl/α,β-unsaturated/α-hetero) is 3. The number of hydrogen-bond acceptors (Lipinski definition) is 11. The van der Waals surface area contributed by atoms with Gasteiger partial charge in [-0.25, -0.2) is 4.79 Å². The summed E-state index contributed by atoms with van der Waals surface area (Å²) in [4.78, 5) is 51.0. The molecule has 11 nitrogen and oxygen atoms in total. The van der Waals surface area contributed by atoms with Gasteiger partial charge in [0.15, 0.2) is 17.2 Å². The summed E-state index contributed by atoms with van der Waals surface area (Å²) in [5, 5.41) is 43.1. The molecule has 1 saturated heterocycles. The Morgan fingerprint density at radius 2 is 1.70 bits per heavy atom. The lowest BCUT2D eigenvalue weighted by Gasteiger charge is -2.54. The van der Waals surface area contributed by atoms with E-state index in [1.807, 2.05) is 0 Å². The molecule has 1 unspecified atom stereocenters. The first-order chi connectivity index (χ1) is 16.5. The number of ether oxygens (including phenoxy) is 3. The van der Waals surface area contributed by atoms with Crippen LogP contribution in [0.2, 0.25) is 0 Å². The Bertz CT molecular complexity index is 1060. The molecule has 1 aromatic carbocycles. The zero-order valence-corrected chi connectivity index (χ0v) is 18.3. The monoisotopic (exact) mass is 471 g/mol. The van der Waals surface area contributed by atoms with Gasteiger partial charge in [0, 0.05) is 11.0 Å². The number of esters is 1. The SMILES string of the molecule is [2H]CC(=O)C1(Oc2ccc(O)c(C(=O)OC(C)(C)C)c2)OC[C@@H](O)[C@@](O)(C(=O)C[2H])[C@]1(O)C(=O)C[2H]. The quantitative estimate of drug-likeness (QED) is 0.412. The van der Waals surface area contributed by atoms with Crippen molar-refractivity contribution in [1.29, 1.82) is 0 Å². The van der Waals surface area contributed by atoms with Crippen molar-refractivity contribution < 1.29 is 57.9 Å². The molecule has 1 aromatic rings. The normalized spacial score (nSPS) is 31.0. The number of carbonyl (C=O) groups is 4. The highest BCUT2D eigenvalue weighted by Crippen LogP contribution is 2.45. The van der Waals surface area contributed by atoms with Crippen molar-refractivity contribution in [3.63, 3.8) is 0 Å². The predicted octanol–water partition coefficient (Wildman–Crippen LogP) is 0.0429. The molecule has 0 saturated carbocycles. The number of aliphatic hydroxyl groups excluding tert-OH is 1. The average Bonchev–Trinajstić information content (AvgIpc) is 2.82. The second-order valence-corrected chi connectivity index (χ2v) is 8.47. The summed E-state index contributed by atoms with van der Waals surface area (Å²) < 4.78 is 38.2. The van der Waals surface area contributed by atoms with E-state index in [2.05, 4.69) is 0 Å². The molecule has 0 aromatic heterocycles. The van der Waals surface area contributed by atoms with Crippen LogP contribution in [0.25, 0.3) is 0 Å². The standard InChI is InChI=1S/C22H28O11/c1-11(23)20(29)17(27)10-31-22(13(3)25,21(20,30)12(2)24)32-14-7-8-16(26)15(9-14)18(28)33-19(4,5)6/h7-9,17,26-27,29-30H,10H2,1-6H3/t17-,20+,21-,22?/m1/s1/i1D,2D,3D. The number of rotatable bonds is 6. The third kappa shape index (κ3) is 4.12. The fourth-order valence-corrected chi connectivity index (χ4v) is 3.38. The number of benzene rings is 1. The van der Waals surface area contributed by atoms with E-state index in [9.17, 15) is 39.6 Å². The second kappa shape index (κ2) is 8.49. The van der Waals surface area contributed by atoms with Crippen LogP contribution in [0.15, 0.2) is 18.2 Å². The molecular formula is C22H28O11. The third-order valence-electron chi connectivity index (χ3n) is 5.00. The predicted molar refractivity (Wildman–Crippen MR) is 111 cm³/mol. The summed E-state index contributed by atoms with van der Waals surface area (Å²) in [7, 11) is 0. The van der Waals surface area contributed by atoms with Crippen LogP contribution in [0.3, 0.4) is 0 Å². The van der Waals surface area contributed by atoms with Gasteiger partial charge in [-0.2, -0.15) is 0 Å². The third-order valence-corrected chi connectivity index (χ3v) is 5.00. The number of carbonyl (C=O) groups excluding carboxylic acids is 4. The topological polar surface area (TPSA) is 177 Å². The molecule has 0 radical (unpaired) electrons. The van der Waals surface area contributed by atoms with Gasteiger partial charge in [0.1, 0.15) is 28.8 Å². The highest BCUT2D eigenvalue weighted by Gasteiger charge is 2.77. The van der Waals surface area contributed by atoms with Crippen molar-refractivity contribution in [3.05, 3.63) is 23.8 Å². The van der Waals surface area contributed by atoms with Gasteiger partial charge in [-0.05, 0) is 52.8 Å². The van der Waals surface area contributed by atoms with Crippen molar-refractivity contribution in [2.75, 3.05) is 6.61 Å². The van der Waals surface area contributed by atoms with E-state index in [1.165, 1.54) is 0 Å². The van der Waals surface area contributed by atoms with E-state index < -0.39 is 96.4 Å². The number of ketones is 3. The first-order valence-corrected chi connectivity index (χ1v) is 9.55. The van der Waals surface area contributed by atoms with Gasteiger partial charge in [-0.3, -0.25) is 14.4 Å². The largest absolute Gasteiger partial charge is 0.507 e. The molecule has 1 aliphatic heterocycles. The van der Waals surface area contributed by atoms with Crippen molar-refractivity contribution >= 4 is 23.3 Å². The molecule has 182 valence electrons. The summed E-state index contributed by atoms with van der Waals surface area (Å²) in [5.74, 6) is -10.3. The second-order valence-electron chi connectivity index (χ2n) is 8.47. The summed E-state index contributed by atoms with van der Waals surface area (Å²) in [6.45, 7) is -0.222. The minimum absolute atomic E-state index is 0.473. The zero-order chi connectivity index (χ0) is 27.7. The Labute approximate surface area is 194 Å². The molecule has 1 aliphatic rings. The molecule has 0 bridgehead atoms. The van der Waals surface area contributed by atoms with Gasteiger partial charge < -0.3 is 34.6 Å². The fourth-order valence-electron chi connectivity index (χ4n) is 3.38. The van der Waals surface area contributed by atoms with Gasteiger partial charge in [0.05, 0.1) is 6.61 Å². The maximum absolute atomic E-state index is 13.0. The molecule has 1 fully saturated rings. The Morgan fingerprint density at radius 3 is 2.24 bits per heavy atom. The summed E-state index contributed by atoms with van der Waals surface area (Å²) >= 11 is 0. The molecule has 33 heavy (non-hydrogen) atoms. The van der Waals surface area contributed by atoms with E-state index in [0.29, 0.717) is 0 Å². The molecular weight excluding hydrogens is 440 g/mol. The first kappa shape index (κ1) is 22.0. The number of phenols is 1. The zero-order valence-electron chi connectivity index (χ0n) is 21.3. The van der Waals surface area contributed by atoms with Crippen LogP contribution in [-0.4, -0.2) is 79.0 Å². The van der Waals surface area contributed by atoms with Crippen LogP contribution in [0.4, 0.5) is 0 Å². The van der Waals surface area contributed by atoms with Crippen molar-refractivity contribution in [2.24, 2.45) is 0 Å². The van der Waals surface area contributed by atoms with E-state index in [-0.39, 0.29) is 0 Å². The maximum atomic E-state index is 13.0. The van der Waals surface area contributed by atoms with Crippen LogP contribution in [0.1, 0.15) is 55.9 Å². The molecule has 2 rings (SSSR count). The Balaban J connectivity index is 2.79. The average molecular weight is 471 g/mol. The number of phenolic OH excluding ortho intramolecular Hbond substituents is 1. The van der Waals surface area contributed by atoms with E-state index in [1.54, 1.807) is 20.8 Å². The molecule has 4 atom stereocenters. The lowest BCUT2D eigenvalue weighted by molar-refractivity contribution is -0.343. The molecule has 4 N–H and O–H groups in total. The van der Waals surface area contributed by atoms with Gasteiger partial charge in [0.2, 0.25) is 11.4 Å². The minimum Gasteiger partial charge on any atom is -0.507 e. The van der Waals surface area contributed by atoms with E-state index in [0.717, 1.165) is 18.2 Å². The Morgan fingerprint density at radius 1 is 1.09 bits per heavy atom. The highest BCUT2D eigenvalue weighted by molar-refractivity contribution is 6.04. The van der Waals surface area contributed by atoms with Gasteiger partial charge in [-0.1, -0.05) is 0 Å². The molecule has 1 heterocycles. The highest BCUT2D eigenvalue weighted by atomic mass is 16.7. The van der Waals surface area contributed by atoms with Crippen LogP contribution < -0.4 is 4.74 Å². The fraction of sp³-hybridized carbons (Fsp3) is 0.545. The van der Waals surface area contributed by atoms with E-state index in [4.69, 9.17) is 18.3 Å². The maximum Gasteiger partial charge on any atom is 0.342 e. The summed E-state index contributed by atoms with van der Waals surface area (Å²) in [6, 6.07) is 2.78. The number of aromatic hydroxyl groups is 1. The van der Waals surface area contributed by atoms with Gasteiger partial charge in [0.25, 0.3) is 0 Å². The van der Waals surface area contributed by atoms with Crippen LogP contribution in [0.5, 0.6) is 11.5 Å². The van der Waals surface area contributed by atoms with Crippen molar-refractivity contribution in [1.82, 2.24) is 0 Å². The first-order valence-electron chi connectivity index (χ1n) is 11.7. The van der Waals surface area contributed by atoms with Crippen LogP contribution in [-0.2, 0) is 23.9 Å². The van der Waals surface area contributed by atoms with E-state index >= 15 is 0 Å². The lowest BCUT2D eigenvalue weighted by atomic mass is 9.66. The van der Waals surface area contributed by atoms with Crippen LogP contribution >= 0.6 is 0 Å². The summed E-state index contributed by atoms with van der Waals surface area (Å²) in [5.41, 5.74) is -8.78. The molecule has 11 heteroatoms. The van der Waals surface area contributed by atoms with Gasteiger partial charge in [-0.15, -0.1) is 0 Å². The molecule has 0 spiro atoms. The lowest BCUT2D eigenvalue weighted by Crippen LogP contribution is -2.84. The minimum atomic E-state index is -3.79. The van der Waals surface area contributed by atoms with Crippen LogP contribution in [0, 0.1) is 0 Å². The molecule has 0 aliphatic carbocycles.